The Morgan fingerprint density at radius 2 is 2.20 bits per heavy atom. The van der Waals surface area contributed by atoms with Gasteiger partial charge in [0, 0.05) is 6.54 Å². The highest BCUT2D eigenvalue weighted by atomic mass is 16.5. The van der Waals surface area contributed by atoms with Gasteiger partial charge in [0.2, 0.25) is 5.91 Å². The fourth-order valence-corrected chi connectivity index (χ4v) is 2.24. The molecule has 1 atom stereocenters. The average molecular weight is 280 g/mol. The van der Waals surface area contributed by atoms with Crippen molar-refractivity contribution in [2.75, 3.05) is 19.8 Å². The van der Waals surface area contributed by atoms with Gasteiger partial charge in [-0.2, -0.15) is 0 Å². The summed E-state index contributed by atoms with van der Waals surface area (Å²) in [4.78, 5) is 26.1. The van der Waals surface area contributed by atoms with E-state index in [9.17, 15) is 9.59 Å². The van der Waals surface area contributed by atoms with Gasteiger partial charge in [-0.3, -0.25) is 9.59 Å². The largest absolute Gasteiger partial charge is 0.472 e. The van der Waals surface area contributed by atoms with Crippen LogP contribution in [-0.2, 0) is 9.53 Å². The third kappa shape index (κ3) is 3.01. The van der Waals surface area contributed by atoms with E-state index >= 15 is 0 Å². The number of rotatable bonds is 3. The first-order valence-corrected chi connectivity index (χ1v) is 6.64. The summed E-state index contributed by atoms with van der Waals surface area (Å²) in [5.41, 5.74) is 0.0510. The first-order valence-electron chi connectivity index (χ1n) is 6.64. The van der Waals surface area contributed by atoms with E-state index in [1.54, 1.807) is 17.9 Å². The van der Waals surface area contributed by atoms with Gasteiger partial charge in [0.25, 0.3) is 5.91 Å². The van der Waals surface area contributed by atoms with Gasteiger partial charge in [-0.05, 0) is 26.8 Å². The third-order valence-corrected chi connectivity index (χ3v) is 3.41. The van der Waals surface area contributed by atoms with Gasteiger partial charge >= 0.3 is 0 Å². The van der Waals surface area contributed by atoms with Gasteiger partial charge < -0.3 is 19.4 Å². The first kappa shape index (κ1) is 14.6. The topological polar surface area (TPSA) is 71.8 Å². The van der Waals surface area contributed by atoms with Gasteiger partial charge in [-0.1, -0.05) is 0 Å². The molecule has 1 saturated heterocycles. The molecule has 0 unspecified atom stereocenters. The predicted octanol–water partition coefficient (Wildman–Crippen LogP) is 1.04. The lowest BCUT2D eigenvalue weighted by Crippen LogP contribution is -2.59. The lowest BCUT2D eigenvalue weighted by atomic mass is 10.0. The zero-order chi connectivity index (χ0) is 14.8. The molecule has 2 rings (SSSR count). The Morgan fingerprint density at radius 3 is 2.80 bits per heavy atom. The molecule has 1 aliphatic heterocycles. The van der Waals surface area contributed by atoms with Crippen molar-refractivity contribution in [3.8, 4) is 0 Å². The van der Waals surface area contributed by atoms with E-state index in [1.807, 2.05) is 13.8 Å². The highest BCUT2D eigenvalue weighted by Crippen LogP contribution is 2.20. The molecule has 1 aromatic rings. The number of carbonyl (C=O) groups is 2. The van der Waals surface area contributed by atoms with Crippen LogP contribution in [0.3, 0.4) is 0 Å². The molecule has 6 nitrogen and oxygen atoms in total. The number of hydrogen-bond donors (Lipinski definition) is 1. The number of nitrogens with zero attached hydrogens (tertiary/aromatic N) is 1. The Labute approximate surface area is 118 Å². The van der Waals surface area contributed by atoms with E-state index in [-0.39, 0.29) is 17.4 Å². The molecule has 1 fully saturated rings. The van der Waals surface area contributed by atoms with Crippen LogP contribution in [-0.4, -0.2) is 48.1 Å². The number of hydrogen-bond acceptors (Lipinski definition) is 4. The number of carbonyl (C=O) groups excluding carboxylic acids is 2. The highest BCUT2D eigenvalue weighted by Gasteiger charge is 2.36. The Kier molecular flexibility index (Phi) is 4.13. The molecular formula is C14H20N2O4. The minimum Gasteiger partial charge on any atom is -0.472 e. The van der Waals surface area contributed by atoms with Gasteiger partial charge in [-0.15, -0.1) is 0 Å². The number of ether oxygens (including phenoxy) is 1. The maximum Gasteiger partial charge on any atom is 0.255 e. The van der Waals surface area contributed by atoms with E-state index in [2.05, 4.69) is 5.32 Å². The molecule has 2 amide bonds. The van der Waals surface area contributed by atoms with E-state index in [1.165, 1.54) is 12.5 Å². The van der Waals surface area contributed by atoms with E-state index < -0.39 is 6.04 Å². The second-order valence-corrected chi connectivity index (χ2v) is 5.56. The minimum absolute atomic E-state index is 0.102. The number of morpholine rings is 1. The molecule has 6 heteroatoms. The molecule has 0 radical (unpaired) electrons. The molecule has 0 spiro atoms. The van der Waals surface area contributed by atoms with Crippen molar-refractivity contribution in [2.24, 2.45) is 0 Å². The molecular weight excluding hydrogens is 260 g/mol. The van der Waals surface area contributed by atoms with Crippen molar-refractivity contribution < 1.29 is 18.7 Å². The summed E-state index contributed by atoms with van der Waals surface area (Å²) in [5, 5.41) is 2.69. The van der Waals surface area contributed by atoms with Crippen molar-refractivity contribution >= 4 is 11.8 Å². The number of nitrogens with one attached hydrogen (secondary N) is 1. The van der Waals surface area contributed by atoms with Crippen molar-refractivity contribution in [2.45, 2.75) is 32.4 Å². The summed E-state index contributed by atoms with van der Waals surface area (Å²) in [5.74, 6) is -0.416. The number of amides is 2. The fourth-order valence-electron chi connectivity index (χ4n) is 2.24. The molecule has 2 heterocycles. The maximum absolute atomic E-state index is 12.5. The smallest absolute Gasteiger partial charge is 0.255 e. The van der Waals surface area contributed by atoms with Gasteiger partial charge in [0.15, 0.2) is 0 Å². The van der Waals surface area contributed by atoms with Crippen LogP contribution < -0.4 is 5.32 Å². The SMILES string of the molecule is C[C@@H](NC(=O)c1ccoc1)C(=O)N1CCOCC1(C)C. The lowest BCUT2D eigenvalue weighted by Gasteiger charge is -2.43. The zero-order valence-electron chi connectivity index (χ0n) is 12.0. The second kappa shape index (κ2) is 5.66. The van der Waals surface area contributed by atoms with Crippen LogP contribution in [0.4, 0.5) is 0 Å². The monoisotopic (exact) mass is 280 g/mol. The molecule has 0 saturated carbocycles. The third-order valence-electron chi connectivity index (χ3n) is 3.41. The van der Waals surface area contributed by atoms with Crippen molar-refractivity contribution in [1.29, 1.82) is 0 Å². The molecule has 110 valence electrons. The van der Waals surface area contributed by atoms with Crippen molar-refractivity contribution in [3.05, 3.63) is 24.2 Å². The molecule has 0 aliphatic carbocycles. The molecule has 20 heavy (non-hydrogen) atoms. The Balaban J connectivity index is 1.99. The van der Waals surface area contributed by atoms with Crippen LogP contribution in [0.5, 0.6) is 0 Å². The summed E-state index contributed by atoms with van der Waals surface area (Å²) >= 11 is 0. The van der Waals surface area contributed by atoms with Crippen LogP contribution >= 0.6 is 0 Å². The predicted molar refractivity (Wildman–Crippen MR) is 72.2 cm³/mol. The summed E-state index contributed by atoms with van der Waals surface area (Å²) in [6.45, 7) is 7.16. The van der Waals surface area contributed by atoms with Crippen LogP contribution in [0.1, 0.15) is 31.1 Å². The average Bonchev–Trinajstić information content (AvgIpc) is 2.91. The van der Waals surface area contributed by atoms with Crippen LogP contribution in [0, 0.1) is 0 Å². The first-order chi connectivity index (χ1) is 9.42. The molecule has 1 N–H and O–H groups in total. The fraction of sp³-hybridized carbons (Fsp3) is 0.571. The maximum atomic E-state index is 12.5. The standard InChI is InChI=1S/C14H20N2O4/c1-10(15-12(17)11-4-6-19-8-11)13(18)16-5-7-20-9-14(16,2)3/h4,6,8,10H,5,7,9H2,1-3H3,(H,15,17)/t10-/m1/s1. The Bertz CT molecular complexity index is 481. The van der Waals surface area contributed by atoms with E-state index in [0.717, 1.165) is 0 Å². The van der Waals surface area contributed by atoms with E-state index in [0.29, 0.717) is 25.3 Å². The van der Waals surface area contributed by atoms with Crippen molar-refractivity contribution in [1.82, 2.24) is 10.2 Å². The Morgan fingerprint density at radius 1 is 1.45 bits per heavy atom. The lowest BCUT2D eigenvalue weighted by molar-refractivity contribution is -0.147. The summed E-state index contributed by atoms with van der Waals surface area (Å²) in [6.07, 6.45) is 2.78. The molecule has 1 aliphatic rings. The summed E-state index contributed by atoms with van der Waals surface area (Å²) in [6, 6.07) is 0.973. The highest BCUT2D eigenvalue weighted by molar-refractivity contribution is 5.97. The van der Waals surface area contributed by atoms with E-state index in [4.69, 9.17) is 9.15 Å². The van der Waals surface area contributed by atoms with Gasteiger partial charge in [0.05, 0.1) is 30.6 Å². The van der Waals surface area contributed by atoms with Crippen LogP contribution in [0.25, 0.3) is 0 Å². The second-order valence-electron chi connectivity index (χ2n) is 5.56. The summed E-state index contributed by atoms with van der Waals surface area (Å²) in [7, 11) is 0. The molecule has 0 aromatic carbocycles. The summed E-state index contributed by atoms with van der Waals surface area (Å²) < 4.78 is 10.2. The normalized spacial score (nSPS) is 19.4. The quantitative estimate of drug-likeness (QED) is 0.898. The van der Waals surface area contributed by atoms with Gasteiger partial charge in [0.1, 0.15) is 12.3 Å². The molecule has 0 bridgehead atoms. The van der Waals surface area contributed by atoms with Gasteiger partial charge in [-0.25, -0.2) is 0 Å². The minimum atomic E-state index is -0.588. The van der Waals surface area contributed by atoms with Crippen molar-refractivity contribution in [3.63, 3.8) is 0 Å². The van der Waals surface area contributed by atoms with Crippen LogP contribution in [0.15, 0.2) is 23.0 Å². The molecule has 1 aromatic heterocycles. The zero-order valence-corrected chi connectivity index (χ0v) is 12.0. The Hall–Kier alpha value is -1.82. The number of furan rings is 1. The van der Waals surface area contributed by atoms with Crippen LogP contribution in [0.2, 0.25) is 0 Å².